The van der Waals surface area contributed by atoms with Gasteiger partial charge in [0.25, 0.3) is 0 Å². The Bertz CT molecular complexity index is 592. The minimum absolute atomic E-state index is 0.0103. The molecule has 2 atom stereocenters. The highest BCUT2D eigenvalue weighted by Crippen LogP contribution is 2.35. The van der Waals surface area contributed by atoms with E-state index in [0.29, 0.717) is 18.5 Å². The van der Waals surface area contributed by atoms with Crippen LogP contribution in [0.25, 0.3) is 0 Å². The van der Waals surface area contributed by atoms with Gasteiger partial charge in [-0.15, -0.1) is 0 Å². The second-order valence-corrected chi connectivity index (χ2v) is 5.59. The van der Waals surface area contributed by atoms with E-state index >= 15 is 0 Å². The Balaban J connectivity index is 2.17. The number of nitrogens with one attached hydrogen (secondary N) is 1. The summed E-state index contributed by atoms with van der Waals surface area (Å²) in [5, 5.41) is 21.2. The zero-order valence-electron chi connectivity index (χ0n) is 10.8. The predicted octanol–water partition coefficient (Wildman–Crippen LogP) is 3.30. The molecular weight excluding hydrogens is 317 g/mol. The Morgan fingerprint density at radius 1 is 1.10 bits per heavy atom. The first kappa shape index (κ1) is 15.7. The largest absolute Gasteiger partial charge is 0.505 e. The first-order chi connectivity index (χ1) is 9.90. The van der Waals surface area contributed by atoms with Crippen molar-refractivity contribution in [1.82, 2.24) is 0 Å². The third kappa shape index (κ3) is 3.49. The molecule has 0 radical (unpaired) electrons. The van der Waals surface area contributed by atoms with E-state index in [0.717, 1.165) is 0 Å². The number of rotatable bonds is 3. The molecule has 0 aliphatic heterocycles. The third-order valence-corrected chi connectivity index (χ3v) is 3.95. The van der Waals surface area contributed by atoms with Crippen molar-refractivity contribution in [2.45, 2.75) is 12.8 Å². The van der Waals surface area contributed by atoms with Crippen LogP contribution in [0.2, 0.25) is 10.0 Å². The lowest BCUT2D eigenvalue weighted by molar-refractivity contribution is -0.146. The summed E-state index contributed by atoms with van der Waals surface area (Å²) in [6.45, 7) is 0. The molecule has 21 heavy (non-hydrogen) atoms. The number of carbonyl (C=O) groups is 2. The van der Waals surface area contributed by atoms with Crippen molar-refractivity contribution in [1.29, 1.82) is 0 Å². The third-order valence-electron chi connectivity index (χ3n) is 3.37. The first-order valence-electron chi connectivity index (χ1n) is 6.27. The average Bonchev–Trinajstić information content (AvgIpc) is 2.44. The van der Waals surface area contributed by atoms with Crippen LogP contribution in [0.15, 0.2) is 24.3 Å². The second kappa shape index (κ2) is 6.37. The van der Waals surface area contributed by atoms with Crippen molar-refractivity contribution in [3.63, 3.8) is 0 Å². The molecule has 0 fully saturated rings. The highest BCUT2D eigenvalue weighted by atomic mass is 35.5. The zero-order chi connectivity index (χ0) is 15.6. The number of hydrogen-bond acceptors (Lipinski definition) is 3. The molecule has 2 unspecified atom stereocenters. The number of carboxylic acid groups (broad SMARTS) is 1. The van der Waals surface area contributed by atoms with Crippen molar-refractivity contribution in [2.24, 2.45) is 11.8 Å². The zero-order valence-corrected chi connectivity index (χ0v) is 12.4. The maximum Gasteiger partial charge on any atom is 0.307 e. The molecule has 0 heterocycles. The molecule has 7 heteroatoms. The molecule has 5 nitrogen and oxygen atoms in total. The van der Waals surface area contributed by atoms with E-state index in [1.54, 1.807) is 12.2 Å². The topological polar surface area (TPSA) is 86.6 Å². The lowest BCUT2D eigenvalue weighted by Crippen LogP contribution is -2.34. The summed E-state index contributed by atoms with van der Waals surface area (Å²) in [7, 11) is 0. The van der Waals surface area contributed by atoms with Gasteiger partial charge in [-0.3, -0.25) is 9.59 Å². The monoisotopic (exact) mass is 329 g/mol. The van der Waals surface area contributed by atoms with E-state index in [2.05, 4.69) is 5.32 Å². The highest BCUT2D eigenvalue weighted by molar-refractivity contribution is 6.37. The fraction of sp³-hybridized carbons (Fsp3) is 0.286. The van der Waals surface area contributed by atoms with Crippen LogP contribution in [0.1, 0.15) is 12.8 Å². The molecule has 112 valence electrons. The molecule has 0 spiro atoms. The number of halogens is 2. The van der Waals surface area contributed by atoms with Crippen LogP contribution in [0.4, 0.5) is 5.69 Å². The smallest absolute Gasteiger partial charge is 0.307 e. The maximum absolute atomic E-state index is 12.2. The number of phenolic OH excluding ortho intramolecular Hbond substituents is 1. The maximum atomic E-state index is 12.2. The summed E-state index contributed by atoms with van der Waals surface area (Å²) >= 11 is 11.6. The van der Waals surface area contributed by atoms with Gasteiger partial charge in [-0.2, -0.15) is 0 Å². The van der Waals surface area contributed by atoms with Gasteiger partial charge in [0.05, 0.1) is 21.9 Å². The van der Waals surface area contributed by atoms with E-state index in [1.807, 2.05) is 0 Å². The molecule has 1 aliphatic rings. The van der Waals surface area contributed by atoms with Crippen molar-refractivity contribution in [3.8, 4) is 5.75 Å². The van der Waals surface area contributed by atoms with Crippen LogP contribution in [0.3, 0.4) is 0 Å². The number of aliphatic carboxylic acids is 1. The van der Waals surface area contributed by atoms with Gasteiger partial charge in [-0.1, -0.05) is 35.4 Å². The number of carbonyl (C=O) groups excluding carboxylic acids is 1. The summed E-state index contributed by atoms with van der Waals surface area (Å²) in [4.78, 5) is 23.4. The first-order valence-corrected chi connectivity index (χ1v) is 7.02. The van der Waals surface area contributed by atoms with Crippen LogP contribution < -0.4 is 5.32 Å². The molecule has 2 rings (SSSR count). The van der Waals surface area contributed by atoms with Crippen LogP contribution in [0, 0.1) is 11.8 Å². The lowest BCUT2D eigenvalue weighted by Gasteiger charge is -2.24. The fourth-order valence-corrected chi connectivity index (χ4v) is 2.74. The van der Waals surface area contributed by atoms with Gasteiger partial charge >= 0.3 is 5.97 Å². The van der Waals surface area contributed by atoms with E-state index in [1.165, 1.54) is 12.1 Å². The van der Waals surface area contributed by atoms with E-state index in [-0.39, 0.29) is 15.8 Å². The Morgan fingerprint density at radius 2 is 1.62 bits per heavy atom. The molecule has 3 N–H and O–H groups in total. The minimum Gasteiger partial charge on any atom is -0.505 e. The van der Waals surface area contributed by atoms with Crippen molar-refractivity contribution >= 4 is 40.8 Å². The molecular formula is C14H13Cl2NO4. The molecule has 1 aromatic rings. The normalized spacial score (nSPS) is 21.0. The predicted molar refractivity (Wildman–Crippen MR) is 79.7 cm³/mol. The molecule has 0 bridgehead atoms. The number of aromatic hydroxyl groups is 1. The summed E-state index contributed by atoms with van der Waals surface area (Å²) in [6.07, 6.45) is 4.24. The van der Waals surface area contributed by atoms with Crippen LogP contribution in [-0.4, -0.2) is 22.1 Å². The molecule has 1 amide bonds. The number of carboxylic acids is 1. The minimum atomic E-state index is -0.999. The van der Waals surface area contributed by atoms with Crippen LogP contribution >= 0.6 is 23.2 Å². The van der Waals surface area contributed by atoms with Gasteiger partial charge < -0.3 is 15.5 Å². The van der Waals surface area contributed by atoms with Crippen LogP contribution in [-0.2, 0) is 9.59 Å². The molecule has 0 saturated carbocycles. The number of amides is 1. The fourth-order valence-electron chi connectivity index (χ4n) is 2.25. The number of anilines is 1. The summed E-state index contributed by atoms with van der Waals surface area (Å²) < 4.78 is 0. The SMILES string of the molecule is O=C(O)C1CC=CCC1C(=O)Nc1cc(Cl)c(O)c(Cl)c1. The highest BCUT2D eigenvalue weighted by Gasteiger charge is 2.34. The van der Waals surface area contributed by atoms with Crippen LogP contribution in [0.5, 0.6) is 5.75 Å². The van der Waals surface area contributed by atoms with Crippen molar-refractivity contribution in [2.75, 3.05) is 5.32 Å². The number of benzene rings is 1. The molecule has 0 saturated heterocycles. The average molecular weight is 330 g/mol. The number of hydrogen-bond donors (Lipinski definition) is 3. The van der Waals surface area contributed by atoms with Gasteiger partial charge in [0.1, 0.15) is 0 Å². The van der Waals surface area contributed by atoms with Crippen molar-refractivity contribution < 1.29 is 19.8 Å². The van der Waals surface area contributed by atoms with E-state index < -0.39 is 23.7 Å². The quantitative estimate of drug-likeness (QED) is 0.586. The molecule has 1 aromatic carbocycles. The summed E-state index contributed by atoms with van der Waals surface area (Å²) in [5.74, 6) is -3.08. The van der Waals surface area contributed by atoms with Gasteiger partial charge in [-0.25, -0.2) is 0 Å². The van der Waals surface area contributed by atoms with Gasteiger partial charge in [-0.05, 0) is 25.0 Å². The Labute approximate surface area is 131 Å². The van der Waals surface area contributed by atoms with Gasteiger partial charge in [0.15, 0.2) is 5.75 Å². The second-order valence-electron chi connectivity index (χ2n) is 4.77. The molecule has 0 aromatic heterocycles. The summed E-state index contributed by atoms with van der Waals surface area (Å²) in [5.41, 5.74) is 0.312. The Hall–Kier alpha value is -1.72. The van der Waals surface area contributed by atoms with E-state index in [9.17, 15) is 14.7 Å². The van der Waals surface area contributed by atoms with Crippen molar-refractivity contribution in [3.05, 3.63) is 34.3 Å². The van der Waals surface area contributed by atoms with Gasteiger partial charge in [0.2, 0.25) is 5.91 Å². The lowest BCUT2D eigenvalue weighted by atomic mass is 9.82. The van der Waals surface area contributed by atoms with E-state index in [4.69, 9.17) is 28.3 Å². The summed E-state index contributed by atoms with van der Waals surface area (Å²) in [6, 6.07) is 2.71. The Morgan fingerprint density at radius 3 is 2.14 bits per heavy atom. The molecule has 1 aliphatic carbocycles. The van der Waals surface area contributed by atoms with Gasteiger partial charge in [0, 0.05) is 5.69 Å². The number of phenols is 1. The number of allylic oxidation sites excluding steroid dienone is 2. The standard InChI is InChI=1S/C14H13Cl2NO4/c15-10-5-7(6-11(16)12(10)18)17-13(19)8-3-1-2-4-9(8)14(20)21/h1-2,5-6,8-9,18H,3-4H2,(H,17,19)(H,20,21). The Kier molecular flexibility index (Phi) is 4.75.